The second-order valence-corrected chi connectivity index (χ2v) is 4.30. The van der Waals surface area contributed by atoms with Gasteiger partial charge in [0.1, 0.15) is 6.10 Å². The van der Waals surface area contributed by atoms with Gasteiger partial charge in [0.25, 0.3) is 0 Å². The van der Waals surface area contributed by atoms with Gasteiger partial charge in [-0.25, -0.2) is 0 Å². The molecule has 0 saturated heterocycles. The first-order chi connectivity index (χ1) is 8.84. The predicted molar refractivity (Wildman–Crippen MR) is 72.2 cm³/mol. The monoisotopic (exact) mass is 235 g/mol. The van der Waals surface area contributed by atoms with Crippen LogP contribution in [0.1, 0.15) is 17.2 Å². The molecule has 0 saturated carbocycles. The van der Waals surface area contributed by atoms with Crippen molar-refractivity contribution in [3.8, 4) is 0 Å². The van der Waals surface area contributed by atoms with Crippen LogP contribution in [0.5, 0.6) is 0 Å². The highest BCUT2D eigenvalue weighted by Crippen LogP contribution is 2.24. The van der Waals surface area contributed by atoms with Gasteiger partial charge in [0.2, 0.25) is 0 Å². The highest BCUT2D eigenvalue weighted by molar-refractivity contribution is 5.83. The summed E-state index contributed by atoms with van der Waals surface area (Å²) in [7, 11) is 0. The topological polar surface area (TPSA) is 33.1 Å². The second kappa shape index (κ2) is 4.59. The average Bonchev–Trinajstić information content (AvgIpc) is 2.47. The number of aliphatic hydroxyl groups is 1. The zero-order chi connectivity index (χ0) is 12.4. The zero-order valence-corrected chi connectivity index (χ0v) is 9.82. The summed E-state index contributed by atoms with van der Waals surface area (Å²) in [6, 6.07) is 17.9. The molecule has 0 aliphatic carbocycles. The molecule has 2 aromatic carbocycles. The standard InChI is InChI=1S/C16H13NO/c18-16(15-6-3-9-17-11-15)14-8-7-12-4-1-2-5-13(12)10-14/h1-11,16,18H/t16-/m1/s1. The van der Waals surface area contributed by atoms with Gasteiger partial charge in [0.05, 0.1) is 0 Å². The molecular formula is C16H13NO. The molecule has 88 valence electrons. The summed E-state index contributed by atoms with van der Waals surface area (Å²) < 4.78 is 0. The molecule has 0 bridgehead atoms. The lowest BCUT2D eigenvalue weighted by atomic mass is 10.00. The highest BCUT2D eigenvalue weighted by Gasteiger charge is 2.10. The predicted octanol–water partition coefficient (Wildman–Crippen LogP) is 3.32. The summed E-state index contributed by atoms with van der Waals surface area (Å²) in [5.74, 6) is 0. The molecule has 2 heteroatoms. The van der Waals surface area contributed by atoms with Crippen LogP contribution in [0.25, 0.3) is 10.8 Å². The van der Waals surface area contributed by atoms with Crippen LogP contribution in [0.4, 0.5) is 0 Å². The Morgan fingerprint density at radius 1 is 0.833 bits per heavy atom. The molecule has 0 aliphatic rings. The Morgan fingerprint density at radius 2 is 1.67 bits per heavy atom. The van der Waals surface area contributed by atoms with Crippen molar-refractivity contribution >= 4 is 10.8 Å². The number of benzene rings is 2. The Balaban J connectivity index is 2.04. The SMILES string of the molecule is O[C@@H](c1cccnc1)c1ccc2ccccc2c1. The van der Waals surface area contributed by atoms with Crippen molar-refractivity contribution in [3.63, 3.8) is 0 Å². The van der Waals surface area contributed by atoms with Crippen LogP contribution in [0, 0.1) is 0 Å². The normalized spacial score (nSPS) is 12.5. The van der Waals surface area contributed by atoms with Crippen LogP contribution < -0.4 is 0 Å². The Bertz CT molecular complexity index is 664. The lowest BCUT2D eigenvalue weighted by Gasteiger charge is -2.11. The molecule has 3 rings (SSSR count). The van der Waals surface area contributed by atoms with Crippen LogP contribution in [0.2, 0.25) is 0 Å². The molecule has 0 unspecified atom stereocenters. The maximum absolute atomic E-state index is 10.3. The fraction of sp³-hybridized carbons (Fsp3) is 0.0625. The third kappa shape index (κ3) is 1.98. The Hall–Kier alpha value is -2.19. The largest absolute Gasteiger partial charge is 0.384 e. The van der Waals surface area contributed by atoms with E-state index >= 15 is 0 Å². The second-order valence-electron chi connectivity index (χ2n) is 4.30. The van der Waals surface area contributed by atoms with Crippen LogP contribution in [0.3, 0.4) is 0 Å². The van der Waals surface area contributed by atoms with Crippen molar-refractivity contribution in [2.75, 3.05) is 0 Å². The molecular weight excluding hydrogens is 222 g/mol. The summed E-state index contributed by atoms with van der Waals surface area (Å²) in [6.45, 7) is 0. The molecule has 1 aromatic heterocycles. The minimum Gasteiger partial charge on any atom is -0.384 e. The van der Waals surface area contributed by atoms with Gasteiger partial charge in [0, 0.05) is 18.0 Å². The number of hydrogen-bond donors (Lipinski definition) is 1. The molecule has 0 amide bonds. The van der Waals surface area contributed by atoms with E-state index in [0.29, 0.717) is 0 Å². The van der Waals surface area contributed by atoms with Gasteiger partial charge in [-0.15, -0.1) is 0 Å². The van der Waals surface area contributed by atoms with Crippen molar-refractivity contribution in [1.82, 2.24) is 4.98 Å². The van der Waals surface area contributed by atoms with E-state index in [9.17, 15) is 5.11 Å². The fourth-order valence-corrected chi connectivity index (χ4v) is 2.11. The van der Waals surface area contributed by atoms with E-state index in [4.69, 9.17) is 0 Å². The molecule has 0 radical (unpaired) electrons. The molecule has 1 heterocycles. The van der Waals surface area contributed by atoms with E-state index in [1.165, 1.54) is 5.39 Å². The average molecular weight is 235 g/mol. The maximum Gasteiger partial charge on any atom is 0.106 e. The summed E-state index contributed by atoms with van der Waals surface area (Å²) in [6.07, 6.45) is 2.78. The molecule has 1 atom stereocenters. The Labute approximate surface area is 106 Å². The minimum atomic E-state index is -0.622. The van der Waals surface area contributed by atoms with Crippen LogP contribution in [0.15, 0.2) is 67.0 Å². The fourth-order valence-electron chi connectivity index (χ4n) is 2.11. The van der Waals surface area contributed by atoms with Crippen molar-refractivity contribution in [2.24, 2.45) is 0 Å². The third-order valence-electron chi connectivity index (χ3n) is 3.09. The molecule has 0 spiro atoms. The quantitative estimate of drug-likeness (QED) is 0.739. The number of fused-ring (bicyclic) bond motifs is 1. The zero-order valence-electron chi connectivity index (χ0n) is 9.82. The van der Waals surface area contributed by atoms with Crippen molar-refractivity contribution in [1.29, 1.82) is 0 Å². The van der Waals surface area contributed by atoms with E-state index in [1.54, 1.807) is 12.4 Å². The lowest BCUT2D eigenvalue weighted by molar-refractivity contribution is 0.220. The molecule has 0 aliphatic heterocycles. The van der Waals surface area contributed by atoms with E-state index in [-0.39, 0.29) is 0 Å². The van der Waals surface area contributed by atoms with Crippen molar-refractivity contribution in [3.05, 3.63) is 78.1 Å². The van der Waals surface area contributed by atoms with Gasteiger partial charge in [-0.05, 0) is 28.5 Å². The van der Waals surface area contributed by atoms with Crippen LogP contribution in [-0.4, -0.2) is 10.1 Å². The van der Waals surface area contributed by atoms with Gasteiger partial charge in [-0.3, -0.25) is 4.98 Å². The molecule has 3 aromatic rings. The van der Waals surface area contributed by atoms with E-state index in [2.05, 4.69) is 17.1 Å². The third-order valence-corrected chi connectivity index (χ3v) is 3.09. The van der Waals surface area contributed by atoms with Crippen molar-refractivity contribution < 1.29 is 5.11 Å². The minimum absolute atomic E-state index is 0.622. The van der Waals surface area contributed by atoms with Gasteiger partial charge in [0.15, 0.2) is 0 Å². The molecule has 2 nitrogen and oxygen atoms in total. The number of aromatic nitrogens is 1. The van der Waals surface area contributed by atoms with Gasteiger partial charge in [-0.1, -0.05) is 42.5 Å². The first-order valence-corrected chi connectivity index (χ1v) is 5.91. The summed E-state index contributed by atoms with van der Waals surface area (Å²) >= 11 is 0. The van der Waals surface area contributed by atoms with E-state index < -0.39 is 6.10 Å². The van der Waals surface area contributed by atoms with Crippen LogP contribution >= 0.6 is 0 Å². The first-order valence-electron chi connectivity index (χ1n) is 5.91. The summed E-state index contributed by atoms with van der Waals surface area (Å²) in [5, 5.41) is 12.6. The number of aliphatic hydroxyl groups excluding tert-OH is 1. The molecule has 18 heavy (non-hydrogen) atoms. The summed E-state index contributed by atoms with van der Waals surface area (Å²) in [4.78, 5) is 4.03. The Kier molecular flexibility index (Phi) is 2.79. The summed E-state index contributed by atoms with van der Waals surface area (Å²) in [5.41, 5.74) is 1.70. The molecule has 0 fully saturated rings. The number of nitrogens with zero attached hydrogens (tertiary/aromatic N) is 1. The first kappa shape index (κ1) is 10.9. The number of hydrogen-bond acceptors (Lipinski definition) is 2. The lowest BCUT2D eigenvalue weighted by Crippen LogP contribution is -1.99. The van der Waals surface area contributed by atoms with Gasteiger partial charge in [-0.2, -0.15) is 0 Å². The smallest absolute Gasteiger partial charge is 0.106 e. The number of pyridine rings is 1. The van der Waals surface area contributed by atoms with Gasteiger partial charge < -0.3 is 5.11 Å². The van der Waals surface area contributed by atoms with Crippen LogP contribution in [-0.2, 0) is 0 Å². The molecule has 1 N–H and O–H groups in total. The van der Waals surface area contributed by atoms with Gasteiger partial charge >= 0.3 is 0 Å². The van der Waals surface area contributed by atoms with E-state index in [0.717, 1.165) is 16.5 Å². The Morgan fingerprint density at radius 3 is 2.44 bits per heavy atom. The highest BCUT2D eigenvalue weighted by atomic mass is 16.3. The number of rotatable bonds is 2. The van der Waals surface area contributed by atoms with Crippen molar-refractivity contribution in [2.45, 2.75) is 6.10 Å². The van der Waals surface area contributed by atoms with E-state index in [1.807, 2.05) is 42.5 Å². The maximum atomic E-state index is 10.3.